The van der Waals surface area contributed by atoms with E-state index < -0.39 is 30.0 Å². The van der Waals surface area contributed by atoms with Crippen LogP contribution in [-0.2, 0) is 16.0 Å². The molecule has 22 heavy (non-hydrogen) atoms. The molecule has 1 aromatic rings. The molecule has 0 radical (unpaired) electrons. The third kappa shape index (κ3) is 1.91. The Morgan fingerprint density at radius 3 is 2.64 bits per heavy atom. The van der Waals surface area contributed by atoms with Gasteiger partial charge in [0.15, 0.2) is 5.78 Å². The van der Waals surface area contributed by atoms with Crippen LogP contribution in [0, 0.1) is 17.8 Å². The molecule has 0 bridgehead atoms. The number of ketones is 2. The summed E-state index contributed by atoms with van der Waals surface area (Å²) in [6.07, 6.45) is 1.20. The maximum Gasteiger partial charge on any atom is 0.166 e. The fraction of sp³-hybridized carbons (Fsp3) is 0.444. The van der Waals surface area contributed by atoms with E-state index in [4.69, 9.17) is 0 Å². The van der Waals surface area contributed by atoms with Gasteiger partial charge in [-0.05, 0) is 36.5 Å². The topological polar surface area (TPSA) is 74.6 Å². The van der Waals surface area contributed by atoms with Crippen molar-refractivity contribution in [2.45, 2.75) is 31.5 Å². The summed E-state index contributed by atoms with van der Waals surface area (Å²) in [4.78, 5) is 25.6. The molecule has 1 aromatic carbocycles. The Hall–Kier alpha value is -1.78. The lowest BCUT2D eigenvalue weighted by molar-refractivity contribution is -0.148. The Morgan fingerprint density at radius 2 is 1.82 bits per heavy atom. The van der Waals surface area contributed by atoms with Crippen LogP contribution in [0.5, 0.6) is 0 Å². The van der Waals surface area contributed by atoms with E-state index in [0.29, 0.717) is 12.0 Å². The van der Waals surface area contributed by atoms with Gasteiger partial charge in [0, 0.05) is 11.5 Å². The number of carbonyl (C=O) groups is 2. The van der Waals surface area contributed by atoms with E-state index in [0.717, 1.165) is 11.1 Å². The van der Waals surface area contributed by atoms with Crippen LogP contribution in [0.4, 0.5) is 0 Å². The number of hydrogen-bond donors (Lipinski definition) is 2. The van der Waals surface area contributed by atoms with E-state index >= 15 is 0 Å². The van der Waals surface area contributed by atoms with Gasteiger partial charge in [0.25, 0.3) is 0 Å². The molecular weight excluding hydrogens is 280 g/mol. The molecule has 2 N–H and O–H groups in total. The summed E-state index contributed by atoms with van der Waals surface area (Å²) >= 11 is 0. The number of fused-ring (bicyclic) bond motifs is 3. The molecule has 3 aliphatic rings. The highest BCUT2D eigenvalue weighted by Crippen LogP contribution is 2.44. The van der Waals surface area contributed by atoms with Gasteiger partial charge >= 0.3 is 0 Å². The number of Topliss-reactive ketones (excluding diaryl/α,β-unsaturated/α-hetero) is 2. The van der Waals surface area contributed by atoms with Gasteiger partial charge in [-0.15, -0.1) is 0 Å². The molecule has 4 heteroatoms. The summed E-state index contributed by atoms with van der Waals surface area (Å²) in [5.41, 5.74) is 2.60. The minimum atomic E-state index is -0.927. The number of aliphatic hydroxyl groups excluding tert-OH is 2. The van der Waals surface area contributed by atoms with Crippen LogP contribution >= 0.6 is 0 Å². The average molecular weight is 298 g/mol. The van der Waals surface area contributed by atoms with Crippen molar-refractivity contribution in [3.05, 3.63) is 41.0 Å². The SMILES string of the molecule is O=C1C2Cc3ccccc3C=C2C(=O)C2C(O)CC(O)CC12. The van der Waals surface area contributed by atoms with Crippen LogP contribution in [0.15, 0.2) is 29.8 Å². The first-order chi connectivity index (χ1) is 10.6. The molecule has 2 saturated carbocycles. The normalized spacial score (nSPS) is 37.0. The van der Waals surface area contributed by atoms with Crippen LogP contribution in [0.1, 0.15) is 24.0 Å². The molecule has 0 amide bonds. The number of allylic oxidation sites excluding steroid dienone is 1. The predicted molar refractivity (Wildman–Crippen MR) is 79.9 cm³/mol. The lowest BCUT2D eigenvalue weighted by Crippen LogP contribution is -2.53. The second kappa shape index (κ2) is 4.86. The third-order valence-electron chi connectivity index (χ3n) is 5.35. The second-order valence-corrected chi connectivity index (χ2v) is 6.65. The van der Waals surface area contributed by atoms with Crippen molar-refractivity contribution in [1.29, 1.82) is 0 Å². The molecule has 0 saturated heterocycles. The maximum absolute atomic E-state index is 12.8. The van der Waals surface area contributed by atoms with Crippen LogP contribution in [0.3, 0.4) is 0 Å². The van der Waals surface area contributed by atoms with Gasteiger partial charge in [0.1, 0.15) is 5.78 Å². The van der Waals surface area contributed by atoms with Crippen molar-refractivity contribution in [3.63, 3.8) is 0 Å². The molecule has 0 heterocycles. The molecule has 0 aromatic heterocycles. The van der Waals surface area contributed by atoms with E-state index in [-0.39, 0.29) is 24.4 Å². The number of rotatable bonds is 0. The zero-order valence-corrected chi connectivity index (χ0v) is 12.1. The molecule has 2 fully saturated rings. The van der Waals surface area contributed by atoms with E-state index in [9.17, 15) is 19.8 Å². The van der Waals surface area contributed by atoms with Gasteiger partial charge in [-0.3, -0.25) is 9.59 Å². The smallest absolute Gasteiger partial charge is 0.166 e. The van der Waals surface area contributed by atoms with Gasteiger partial charge < -0.3 is 10.2 Å². The van der Waals surface area contributed by atoms with Gasteiger partial charge in [0.2, 0.25) is 0 Å². The Balaban J connectivity index is 1.79. The predicted octanol–water partition coefficient (Wildman–Crippen LogP) is 1.14. The largest absolute Gasteiger partial charge is 0.393 e. The summed E-state index contributed by atoms with van der Waals surface area (Å²) in [7, 11) is 0. The summed E-state index contributed by atoms with van der Waals surface area (Å²) in [5.74, 6) is -1.74. The minimum absolute atomic E-state index is 0.00292. The third-order valence-corrected chi connectivity index (χ3v) is 5.35. The number of benzene rings is 1. The second-order valence-electron chi connectivity index (χ2n) is 6.65. The highest BCUT2D eigenvalue weighted by atomic mass is 16.3. The van der Waals surface area contributed by atoms with Crippen molar-refractivity contribution in [2.24, 2.45) is 17.8 Å². The number of carbonyl (C=O) groups excluding carboxylic acids is 2. The molecule has 5 atom stereocenters. The number of aliphatic hydroxyl groups is 2. The van der Waals surface area contributed by atoms with Gasteiger partial charge in [-0.25, -0.2) is 0 Å². The lowest BCUT2D eigenvalue weighted by atomic mass is 9.60. The van der Waals surface area contributed by atoms with E-state index in [2.05, 4.69) is 0 Å². The summed E-state index contributed by atoms with van der Waals surface area (Å²) in [6.45, 7) is 0. The quantitative estimate of drug-likeness (QED) is 0.753. The van der Waals surface area contributed by atoms with E-state index in [1.54, 1.807) is 0 Å². The Labute approximate surface area is 128 Å². The Kier molecular flexibility index (Phi) is 3.06. The minimum Gasteiger partial charge on any atom is -0.393 e. The first-order valence-electron chi connectivity index (χ1n) is 7.80. The van der Waals surface area contributed by atoms with Crippen LogP contribution < -0.4 is 0 Å². The van der Waals surface area contributed by atoms with Crippen LogP contribution in [0.2, 0.25) is 0 Å². The number of hydrogen-bond acceptors (Lipinski definition) is 4. The Bertz CT molecular complexity index is 690. The van der Waals surface area contributed by atoms with Crippen molar-refractivity contribution in [2.75, 3.05) is 0 Å². The van der Waals surface area contributed by atoms with Gasteiger partial charge in [0.05, 0.1) is 24.0 Å². The first kappa shape index (κ1) is 13.9. The maximum atomic E-state index is 12.8. The van der Waals surface area contributed by atoms with Crippen LogP contribution in [-0.4, -0.2) is 34.0 Å². The summed E-state index contributed by atoms with van der Waals surface area (Å²) in [5, 5.41) is 20.0. The van der Waals surface area contributed by atoms with Crippen molar-refractivity contribution in [3.8, 4) is 0 Å². The van der Waals surface area contributed by atoms with Crippen LogP contribution in [0.25, 0.3) is 6.08 Å². The van der Waals surface area contributed by atoms with E-state index in [1.807, 2.05) is 30.3 Å². The van der Waals surface area contributed by atoms with Crippen molar-refractivity contribution < 1.29 is 19.8 Å². The summed E-state index contributed by atoms with van der Waals surface area (Å²) < 4.78 is 0. The van der Waals surface area contributed by atoms with Crippen molar-refractivity contribution in [1.82, 2.24) is 0 Å². The molecule has 5 unspecified atom stereocenters. The highest BCUT2D eigenvalue weighted by molar-refractivity contribution is 6.13. The molecule has 4 rings (SSSR count). The molecule has 0 aliphatic heterocycles. The first-order valence-corrected chi connectivity index (χ1v) is 7.80. The molecule has 3 aliphatic carbocycles. The van der Waals surface area contributed by atoms with Gasteiger partial charge in [-0.1, -0.05) is 24.3 Å². The lowest BCUT2D eigenvalue weighted by Gasteiger charge is -2.43. The molecular formula is C18H18O4. The fourth-order valence-corrected chi connectivity index (χ4v) is 4.29. The fourth-order valence-electron chi connectivity index (χ4n) is 4.29. The van der Waals surface area contributed by atoms with E-state index in [1.165, 1.54) is 0 Å². The monoisotopic (exact) mass is 298 g/mol. The summed E-state index contributed by atoms with van der Waals surface area (Å²) in [6, 6.07) is 7.78. The zero-order valence-electron chi connectivity index (χ0n) is 12.1. The molecule has 0 spiro atoms. The van der Waals surface area contributed by atoms with Gasteiger partial charge in [-0.2, -0.15) is 0 Å². The average Bonchev–Trinajstić information content (AvgIpc) is 2.50. The zero-order chi connectivity index (χ0) is 15.4. The molecule has 4 nitrogen and oxygen atoms in total. The highest BCUT2D eigenvalue weighted by Gasteiger charge is 2.52. The standard InChI is InChI=1S/C18H18O4/c19-11-7-14-16(15(20)8-11)18(22)13-6-10-4-2-1-3-9(10)5-12(13)17(14)21/h1-4,6,11-12,14-16,19-20H,5,7-8H2. The molecule has 114 valence electrons. The Morgan fingerprint density at radius 1 is 1.05 bits per heavy atom. The van der Waals surface area contributed by atoms with Crippen molar-refractivity contribution >= 4 is 17.6 Å².